The summed E-state index contributed by atoms with van der Waals surface area (Å²) >= 11 is 0. The predicted molar refractivity (Wildman–Crippen MR) is 108 cm³/mol. The molecule has 0 amide bonds. The van der Waals surface area contributed by atoms with E-state index in [1.165, 1.54) is 16.5 Å². The third-order valence-electron chi connectivity index (χ3n) is 4.22. The number of aryl methyl sites for hydroxylation is 1. The molecule has 5 heteroatoms. The van der Waals surface area contributed by atoms with Gasteiger partial charge >= 0.3 is 0 Å². The molecule has 0 aliphatic carbocycles. The normalized spacial score (nSPS) is 11.5. The average molecular weight is 350 g/mol. The van der Waals surface area contributed by atoms with Crippen molar-refractivity contribution in [3.8, 4) is 5.75 Å². The van der Waals surface area contributed by atoms with E-state index in [4.69, 9.17) is 4.74 Å². The minimum absolute atomic E-state index is 0.597. The van der Waals surface area contributed by atoms with Crippen molar-refractivity contribution in [3.63, 3.8) is 0 Å². The van der Waals surface area contributed by atoms with E-state index in [9.17, 15) is 0 Å². The maximum atomic E-state index is 5.67. The molecule has 136 valence electrons. The number of aliphatic imine (C=N–C) groups is 1. The Morgan fingerprint density at radius 2 is 1.77 bits per heavy atom. The third kappa shape index (κ3) is 5.02. The molecule has 0 spiro atoms. The number of aromatic nitrogens is 1. The molecule has 3 rings (SSSR count). The lowest BCUT2D eigenvalue weighted by atomic mass is 10.1. The predicted octanol–water partition coefficient (Wildman–Crippen LogP) is 3.34. The quantitative estimate of drug-likeness (QED) is 0.332. The molecular weight excluding hydrogens is 324 g/mol. The number of para-hydroxylation sites is 2. The number of H-pyrrole nitrogens is 1. The second-order valence-electron chi connectivity index (χ2n) is 6.05. The number of hydrogen-bond acceptors (Lipinski definition) is 2. The number of fused-ring (bicyclic) bond motifs is 1. The van der Waals surface area contributed by atoms with Crippen molar-refractivity contribution in [1.82, 2.24) is 15.6 Å². The maximum absolute atomic E-state index is 5.67. The number of guanidine groups is 1. The van der Waals surface area contributed by atoms with Crippen LogP contribution in [0.1, 0.15) is 12.0 Å². The molecule has 5 nitrogen and oxygen atoms in total. The maximum Gasteiger partial charge on any atom is 0.191 e. The number of rotatable bonds is 8. The Balaban J connectivity index is 1.34. The first-order valence-electron chi connectivity index (χ1n) is 9.04. The highest BCUT2D eigenvalue weighted by Crippen LogP contribution is 2.18. The van der Waals surface area contributed by atoms with Crippen LogP contribution in [0.4, 0.5) is 0 Å². The van der Waals surface area contributed by atoms with Gasteiger partial charge in [0.15, 0.2) is 5.96 Å². The SMILES string of the molecule is CN=C(NCCCc1c[nH]c2ccccc12)NCCOc1ccccc1. The Kier molecular flexibility index (Phi) is 6.53. The van der Waals surface area contributed by atoms with Crippen molar-refractivity contribution in [2.75, 3.05) is 26.7 Å². The van der Waals surface area contributed by atoms with Crippen LogP contribution in [0.5, 0.6) is 5.75 Å². The summed E-state index contributed by atoms with van der Waals surface area (Å²) in [5.41, 5.74) is 2.56. The van der Waals surface area contributed by atoms with Crippen molar-refractivity contribution < 1.29 is 4.74 Å². The molecule has 0 unspecified atom stereocenters. The smallest absolute Gasteiger partial charge is 0.191 e. The van der Waals surface area contributed by atoms with Crippen LogP contribution in [0.2, 0.25) is 0 Å². The molecular formula is C21H26N4O. The van der Waals surface area contributed by atoms with Gasteiger partial charge in [0.2, 0.25) is 0 Å². The van der Waals surface area contributed by atoms with Crippen LogP contribution in [-0.4, -0.2) is 37.7 Å². The molecule has 1 aromatic heterocycles. The lowest BCUT2D eigenvalue weighted by molar-refractivity contribution is 0.322. The molecule has 0 saturated carbocycles. The van der Waals surface area contributed by atoms with Crippen molar-refractivity contribution in [3.05, 3.63) is 66.4 Å². The summed E-state index contributed by atoms with van der Waals surface area (Å²) in [4.78, 5) is 7.58. The third-order valence-corrected chi connectivity index (χ3v) is 4.22. The van der Waals surface area contributed by atoms with E-state index >= 15 is 0 Å². The molecule has 2 aromatic carbocycles. The summed E-state index contributed by atoms with van der Waals surface area (Å²) in [7, 11) is 1.78. The molecule has 3 N–H and O–H groups in total. The zero-order valence-corrected chi connectivity index (χ0v) is 15.2. The Morgan fingerprint density at radius 3 is 2.62 bits per heavy atom. The highest BCUT2D eigenvalue weighted by molar-refractivity contribution is 5.83. The van der Waals surface area contributed by atoms with E-state index in [0.29, 0.717) is 13.2 Å². The number of aromatic amines is 1. The summed E-state index contributed by atoms with van der Waals surface area (Å²) in [5, 5.41) is 7.94. The topological polar surface area (TPSA) is 61.4 Å². The standard InChI is InChI=1S/C21H26N4O/c1-22-21(24-14-15-26-18-9-3-2-4-10-18)23-13-7-8-17-16-25-20-12-6-5-11-19(17)20/h2-6,9-12,16,25H,7-8,13-15H2,1H3,(H2,22,23,24). The lowest BCUT2D eigenvalue weighted by Gasteiger charge is -2.12. The second kappa shape index (κ2) is 9.51. The lowest BCUT2D eigenvalue weighted by Crippen LogP contribution is -2.39. The Hall–Kier alpha value is -2.95. The van der Waals surface area contributed by atoms with Crippen LogP contribution < -0.4 is 15.4 Å². The Bertz CT molecular complexity index is 826. The fourth-order valence-electron chi connectivity index (χ4n) is 2.90. The van der Waals surface area contributed by atoms with Crippen LogP contribution in [-0.2, 0) is 6.42 Å². The van der Waals surface area contributed by atoms with Gasteiger partial charge in [0.25, 0.3) is 0 Å². The summed E-state index contributed by atoms with van der Waals surface area (Å²) < 4.78 is 5.67. The van der Waals surface area contributed by atoms with Crippen molar-refractivity contribution in [2.45, 2.75) is 12.8 Å². The van der Waals surface area contributed by atoms with Crippen molar-refractivity contribution in [1.29, 1.82) is 0 Å². The molecule has 0 aliphatic heterocycles. The monoisotopic (exact) mass is 350 g/mol. The van der Waals surface area contributed by atoms with Gasteiger partial charge in [-0.25, -0.2) is 0 Å². The van der Waals surface area contributed by atoms with Gasteiger partial charge in [0, 0.05) is 30.7 Å². The molecule has 0 atom stereocenters. The van der Waals surface area contributed by atoms with Crippen LogP contribution >= 0.6 is 0 Å². The van der Waals surface area contributed by atoms with Gasteiger partial charge < -0.3 is 20.4 Å². The molecule has 0 saturated heterocycles. The first-order valence-corrected chi connectivity index (χ1v) is 9.04. The second-order valence-corrected chi connectivity index (χ2v) is 6.05. The van der Waals surface area contributed by atoms with Crippen molar-refractivity contribution in [2.24, 2.45) is 4.99 Å². The van der Waals surface area contributed by atoms with E-state index < -0.39 is 0 Å². The summed E-state index contributed by atoms with van der Waals surface area (Å²) in [5.74, 6) is 1.69. The first-order chi connectivity index (χ1) is 12.9. The van der Waals surface area contributed by atoms with Gasteiger partial charge in [0.1, 0.15) is 12.4 Å². The minimum Gasteiger partial charge on any atom is -0.492 e. The summed E-state index contributed by atoms with van der Waals surface area (Å²) in [6.07, 6.45) is 4.19. The number of ether oxygens (including phenoxy) is 1. The molecule has 0 bridgehead atoms. The number of hydrogen-bond donors (Lipinski definition) is 3. The van der Waals surface area contributed by atoms with Crippen LogP contribution in [0.3, 0.4) is 0 Å². The largest absolute Gasteiger partial charge is 0.492 e. The van der Waals surface area contributed by atoms with Crippen LogP contribution in [0.15, 0.2) is 65.8 Å². The van der Waals surface area contributed by atoms with E-state index in [0.717, 1.165) is 31.1 Å². The van der Waals surface area contributed by atoms with E-state index in [1.807, 2.05) is 30.3 Å². The summed E-state index contributed by atoms with van der Waals surface area (Å²) in [6.45, 7) is 2.18. The van der Waals surface area contributed by atoms with E-state index in [2.05, 4.69) is 51.1 Å². The Labute approximate surface area is 154 Å². The zero-order chi connectivity index (χ0) is 18.0. The fourth-order valence-corrected chi connectivity index (χ4v) is 2.90. The summed E-state index contributed by atoms with van der Waals surface area (Å²) in [6, 6.07) is 18.3. The average Bonchev–Trinajstić information content (AvgIpc) is 3.11. The zero-order valence-electron chi connectivity index (χ0n) is 15.2. The van der Waals surface area contributed by atoms with Gasteiger partial charge in [0.05, 0.1) is 6.54 Å². The van der Waals surface area contributed by atoms with Gasteiger partial charge in [-0.05, 0) is 36.6 Å². The molecule has 26 heavy (non-hydrogen) atoms. The number of benzene rings is 2. The van der Waals surface area contributed by atoms with E-state index in [-0.39, 0.29) is 0 Å². The minimum atomic E-state index is 0.597. The molecule has 1 heterocycles. The molecule has 0 aliphatic rings. The van der Waals surface area contributed by atoms with Gasteiger partial charge in [-0.1, -0.05) is 36.4 Å². The molecule has 0 fully saturated rings. The highest BCUT2D eigenvalue weighted by atomic mass is 16.5. The van der Waals surface area contributed by atoms with Gasteiger partial charge in [-0.2, -0.15) is 0 Å². The molecule has 0 radical (unpaired) electrons. The number of nitrogens with one attached hydrogen (secondary N) is 3. The molecule has 3 aromatic rings. The van der Waals surface area contributed by atoms with Crippen LogP contribution in [0.25, 0.3) is 10.9 Å². The first kappa shape index (κ1) is 17.9. The van der Waals surface area contributed by atoms with Crippen molar-refractivity contribution >= 4 is 16.9 Å². The number of nitrogens with zero attached hydrogens (tertiary/aromatic N) is 1. The fraction of sp³-hybridized carbons (Fsp3) is 0.286. The van der Waals surface area contributed by atoms with E-state index in [1.54, 1.807) is 7.05 Å². The van der Waals surface area contributed by atoms with Gasteiger partial charge in [-0.3, -0.25) is 4.99 Å². The Morgan fingerprint density at radius 1 is 1.00 bits per heavy atom. The van der Waals surface area contributed by atoms with Crippen LogP contribution in [0, 0.1) is 0 Å². The highest BCUT2D eigenvalue weighted by Gasteiger charge is 2.03. The van der Waals surface area contributed by atoms with Gasteiger partial charge in [-0.15, -0.1) is 0 Å².